The maximum absolute atomic E-state index is 11.7. The van der Waals surface area contributed by atoms with Crippen molar-refractivity contribution < 1.29 is 9.53 Å². The zero-order valence-corrected chi connectivity index (χ0v) is 14.4. The first-order valence-electron chi connectivity index (χ1n) is 6.61. The summed E-state index contributed by atoms with van der Waals surface area (Å²) in [6.45, 7) is 1.70. The molecular formula is C16H13Cl3N2O2. The molecule has 0 radical (unpaired) electrons. The Hall–Kier alpha value is -1.75. The maximum Gasteiger partial charge on any atom is 0.277 e. The van der Waals surface area contributed by atoms with Gasteiger partial charge in [0, 0.05) is 15.6 Å². The van der Waals surface area contributed by atoms with Crippen molar-refractivity contribution in [2.24, 2.45) is 5.10 Å². The lowest BCUT2D eigenvalue weighted by Crippen LogP contribution is -2.24. The van der Waals surface area contributed by atoms with E-state index in [0.717, 1.165) is 5.56 Å². The van der Waals surface area contributed by atoms with Crippen molar-refractivity contribution in [1.29, 1.82) is 0 Å². The van der Waals surface area contributed by atoms with Crippen LogP contribution in [-0.2, 0) is 4.79 Å². The van der Waals surface area contributed by atoms with Gasteiger partial charge < -0.3 is 4.74 Å². The topological polar surface area (TPSA) is 50.7 Å². The largest absolute Gasteiger partial charge is 0.484 e. The van der Waals surface area contributed by atoms with Crippen molar-refractivity contribution in [2.45, 2.75) is 6.92 Å². The van der Waals surface area contributed by atoms with Crippen LogP contribution in [0, 0.1) is 6.92 Å². The van der Waals surface area contributed by atoms with Crippen LogP contribution in [0.4, 0.5) is 0 Å². The first-order chi connectivity index (χ1) is 11.0. The highest BCUT2D eigenvalue weighted by Crippen LogP contribution is 2.21. The van der Waals surface area contributed by atoms with Crippen molar-refractivity contribution in [3.8, 4) is 5.75 Å². The smallest absolute Gasteiger partial charge is 0.277 e. The fourth-order valence-corrected chi connectivity index (χ4v) is 2.24. The molecule has 23 heavy (non-hydrogen) atoms. The summed E-state index contributed by atoms with van der Waals surface area (Å²) in [5, 5.41) is 5.45. The molecule has 0 aliphatic heterocycles. The molecule has 0 aliphatic rings. The van der Waals surface area contributed by atoms with Gasteiger partial charge in [-0.3, -0.25) is 4.79 Å². The van der Waals surface area contributed by atoms with Crippen LogP contribution in [-0.4, -0.2) is 18.7 Å². The van der Waals surface area contributed by atoms with Gasteiger partial charge in [-0.15, -0.1) is 0 Å². The Bertz CT molecular complexity index is 748. The summed E-state index contributed by atoms with van der Waals surface area (Å²) >= 11 is 17.7. The van der Waals surface area contributed by atoms with Gasteiger partial charge in [-0.25, -0.2) is 5.43 Å². The van der Waals surface area contributed by atoms with Crippen molar-refractivity contribution in [2.75, 3.05) is 6.61 Å². The number of amides is 1. The minimum Gasteiger partial charge on any atom is -0.484 e. The normalized spacial score (nSPS) is 10.8. The lowest BCUT2D eigenvalue weighted by Gasteiger charge is -2.06. The SMILES string of the molecule is Cc1cc(OCC(=O)NN=Cc2ccc(Cl)cc2Cl)ccc1Cl. The lowest BCUT2D eigenvalue weighted by atomic mass is 10.2. The Morgan fingerprint density at radius 2 is 1.96 bits per heavy atom. The standard InChI is InChI=1S/C16H13Cl3N2O2/c1-10-6-13(4-5-14(10)18)23-9-16(22)21-20-8-11-2-3-12(17)7-15(11)19/h2-8H,9H2,1H3,(H,21,22). The number of carbonyl (C=O) groups is 1. The highest BCUT2D eigenvalue weighted by atomic mass is 35.5. The Balaban J connectivity index is 1.85. The number of hydrogen-bond acceptors (Lipinski definition) is 3. The summed E-state index contributed by atoms with van der Waals surface area (Å²) in [5.74, 6) is 0.172. The third kappa shape index (κ3) is 5.43. The van der Waals surface area contributed by atoms with Gasteiger partial charge in [0.2, 0.25) is 0 Å². The van der Waals surface area contributed by atoms with Gasteiger partial charge in [0.05, 0.1) is 11.2 Å². The van der Waals surface area contributed by atoms with E-state index in [1.807, 2.05) is 6.92 Å². The predicted molar refractivity (Wildman–Crippen MR) is 93.9 cm³/mol. The highest BCUT2D eigenvalue weighted by molar-refractivity contribution is 6.36. The van der Waals surface area contributed by atoms with E-state index in [1.54, 1.807) is 36.4 Å². The van der Waals surface area contributed by atoms with Crippen LogP contribution in [0.15, 0.2) is 41.5 Å². The van der Waals surface area contributed by atoms with E-state index in [1.165, 1.54) is 6.21 Å². The number of ether oxygens (including phenoxy) is 1. The van der Waals surface area contributed by atoms with Crippen molar-refractivity contribution in [3.63, 3.8) is 0 Å². The predicted octanol–water partition coefficient (Wildman–Crippen LogP) is 4.48. The second-order valence-electron chi connectivity index (χ2n) is 4.66. The Labute approximate surface area is 149 Å². The number of nitrogens with one attached hydrogen (secondary N) is 1. The van der Waals surface area contributed by atoms with E-state index in [9.17, 15) is 4.79 Å². The van der Waals surface area contributed by atoms with Crippen LogP contribution in [0.1, 0.15) is 11.1 Å². The second-order valence-corrected chi connectivity index (χ2v) is 5.91. The molecule has 0 unspecified atom stereocenters. The van der Waals surface area contributed by atoms with Crippen LogP contribution < -0.4 is 10.2 Å². The van der Waals surface area contributed by atoms with Crippen LogP contribution in [0.2, 0.25) is 15.1 Å². The fraction of sp³-hybridized carbons (Fsp3) is 0.125. The van der Waals surface area contributed by atoms with Gasteiger partial charge in [0.1, 0.15) is 5.75 Å². The molecule has 0 spiro atoms. The monoisotopic (exact) mass is 370 g/mol. The third-order valence-corrected chi connectivity index (χ3v) is 3.84. The summed E-state index contributed by atoms with van der Waals surface area (Å²) in [6, 6.07) is 10.1. The maximum atomic E-state index is 11.7. The summed E-state index contributed by atoms with van der Waals surface area (Å²) in [6.07, 6.45) is 1.43. The minimum atomic E-state index is -0.390. The second kappa shape index (κ2) is 8.20. The number of benzene rings is 2. The van der Waals surface area contributed by atoms with Gasteiger partial charge in [0.25, 0.3) is 5.91 Å². The summed E-state index contributed by atoms with van der Waals surface area (Å²) in [5.41, 5.74) is 3.88. The molecule has 0 aromatic heterocycles. The molecule has 2 aromatic rings. The van der Waals surface area contributed by atoms with Gasteiger partial charge in [-0.05, 0) is 42.8 Å². The molecule has 7 heteroatoms. The first kappa shape index (κ1) is 17.6. The third-order valence-electron chi connectivity index (χ3n) is 2.85. The molecule has 0 aliphatic carbocycles. The molecule has 1 amide bonds. The van der Waals surface area contributed by atoms with Crippen molar-refractivity contribution >= 4 is 46.9 Å². The number of aryl methyl sites for hydroxylation is 1. The Morgan fingerprint density at radius 3 is 2.65 bits per heavy atom. The van der Waals surface area contributed by atoms with Gasteiger partial charge >= 0.3 is 0 Å². The average molecular weight is 372 g/mol. The van der Waals surface area contributed by atoms with Crippen LogP contribution >= 0.6 is 34.8 Å². The number of halogens is 3. The lowest BCUT2D eigenvalue weighted by molar-refractivity contribution is -0.123. The molecule has 0 atom stereocenters. The number of hydrazone groups is 1. The quantitative estimate of drug-likeness (QED) is 0.622. The Kier molecular flexibility index (Phi) is 6.28. The van der Waals surface area contributed by atoms with E-state index < -0.39 is 0 Å². The molecule has 0 saturated carbocycles. The molecule has 4 nitrogen and oxygen atoms in total. The summed E-state index contributed by atoms with van der Waals surface area (Å²) < 4.78 is 5.36. The summed E-state index contributed by atoms with van der Waals surface area (Å²) in [7, 11) is 0. The van der Waals surface area contributed by atoms with Crippen molar-refractivity contribution in [3.05, 3.63) is 62.6 Å². The molecule has 1 N–H and O–H groups in total. The minimum absolute atomic E-state index is 0.160. The van der Waals surface area contributed by atoms with Crippen LogP contribution in [0.25, 0.3) is 0 Å². The van der Waals surface area contributed by atoms with Crippen molar-refractivity contribution in [1.82, 2.24) is 5.43 Å². The Morgan fingerprint density at radius 1 is 1.17 bits per heavy atom. The average Bonchev–Trinajstić information content (AvgIpc) is 2.50. The van der Waals surface area contributed by atoms with Gasteiger partial charge in [-0.2, -0.15) is 5.10 Å². The van der Waals surface area contributed by atoms with Gasteiger partial charge in [0.15, 0.2) is 6.61 Å². The van der Waals surface area contributed by atoms with E-state index >= 15 is 0 Å². The van der Waals surface area contributed by atoms with E-state index in [2.05, 4.69) is 10.5 Å². The number of rotatable bonds is 5. The molecule has 0 heterocycles. The number of hydrogen-bond donors (Lipinski definition) is 1. The summed E-state index contributed by atoms with van der Waals surface area (Å²) in [4.78, 5) is 11.7. The molecular weight excluding hydrogens is 359 g/mol. The first-order valence-corrected chi connectivity index (χ1v) is 7.75. The van der Waals surface area contributed by atoms with E-state index in [4.69, 9.17) is 39.5 Å². The molecule has 2 aromatic carbocycles. The molecule has 2 rings (SSSR count). The molecule has 0 bridgehead atoms. The zero-order valence-electron chi connectivity index (χ0n) is 12.1. The van der Waals surface area contributed by atoms with E-state index in [-0.39, 0.29) is 12.5 Å². The highest BCUT2D eigenvalue weighted by Gasteiger charge is 2.03. The van der Waals surface area contributed by atoms with Crippen LogP contribution in [0.3, 0.4) is 0 Å². The number of carbonyl (C=O) groups excluding carboxylic acids is 1. The van der Waals surface area contributed by atoms with Gasteiger partial charge in [-0.1, -0.05) is 40.9 Å². The van der Waals surface area contributed by atoms with Crippen LogP contribution in [0.5, 0.6) is 5.75 Å². The molecule has 0 fully saturated rings. The zero-order chi connectivity index (χ0) is 16.8. The molecule has 120 valence electrons. The van der Waals surface area contributed by atoms with E-state index in [0.29, 0.717) is 26.4 Å². The molecule has 0 saturated heterocycles. The number of nitrogens with zero attached hydrogens (tertiary/aromatic N) is 1. The fourth-order valence-electron chi connectivity index (χ4n) is 1.67.